The highest BCUT2D eigenvalue weighted by molar-refractivity contribution is 7.10. The summed E-state index contributed by atoms with van der Waals surface area (Å²) in [7, 11) is 1.60. The number of ether oxygens (including phenoxy) is 1. The highest BCUT2D eigenvalue weighted by Crippen LogP contribution is 2.25. The van der Waals surface area contributed by atoms with Crippen molar-refractivity contribution in [2.45, 2.75) is 6.10 Å². The molecule has 3 aromatic rings. The highest BCUT2D eigenvalue weighted by atomic mass is 32.1. The zero-order valence-electron chi connectivity index (χ0n) is 12.7. The predicted molar refractivity (Wildman–Crippen MR) is 92.3 cm³/mol. The standard InChI is InChI=1S/C18H17NO3S/c1-21-17(16-11-13-5-2-3-7-15(13)22-16)12-19-18(20)9-8-14-6-4-10-23-14/h2-11,17H,12H2,1H3,(H,19,20)/b9-8+/t17-/m0/s1. The Balaban J connectivity index is 1.62. The number of benzene rings is 1. The molecule has 1 N–H and O–H groups in total. The second-order valence-electron chi connectivity index (χ2n) is 5.00. The maximum absolute atomic E-state index is 11.9. The number of amides is 1. The van der Waals surface area contributed by atoms with Crippen molar-refractivity contribution in [3.05, 3.63) is 64.6 Å². The van der Waals surface area contributed by atoms with Gasteiger partial charge in [0.2, 0.25) is 5.91 Å². The van der Waals surface area contributed by atoms with Crippen LogP contribution in [0.1, 0.15) is 16.7 Å². The number of hydrogen-bond acceptors (Lipinski definition) is 4. The van der Waals surface area contributed by atoms with Gasteiger partial charge >= 0.3 is 0 Å². The van der Waals surface area contributed by atoms with Gasteiger partial charge in [-0.15, -0.1) is 11.3 Å². The Kier molecular flexibility index (Phi) is 4.90. The second-order valence-corrected chi connectivity index (χ2v) is 5.98. The maximum Gasteiger partial charge on any atom is 0.244 e. The van der Waals surface area contributed by atoms with Gasteiger partial charge in [0.25, 0.3) is 0 Å². The van der Waals surface area contributed by atoms with Gasteiger partial charge in [-0.2, -0.15) is 0 Å². The molecule has 0 aliphatic carbocycles. The summed E-state index contributed by atoms with van der Waals surface area (Å²) in [5.41, 5.74) is 0.813. The van der Waals surface area contributed by atoms with E-state index in [4.69, 9.17) is 9.15 Å². The summed E-state index contributed by atoms with van der Waals surface area (Å²) in [4.78, 5) is 12.9. The van der Waals surface area contributed by atoms with E-state index in [-0.39, 0.29) is 12.0 Å². The van der Waals surface area contributed by atoms with E-state index < -0.39 is 0 Å². The van der Waals surface area contributed by atoms with Crippen LogP contribution in [0.4, 0.5) is 0 Å². The molecule has 0 spiro atoms. The highest BCUT2D eigenvalue weighted by Gasteiger charge is 2.16. The van der Waals surface area contributed by atoms with Crippen LogP contribution in [0.15, 0.2) is 58.3 Å². The Bertz CT molecular complexity index is 772. The van der Waals surface area contributed by atoms with E-state index in [1.165, 1.54) is 6.08 Å². The molecule has 0 saturated carbocycles. The van der Waals surface area contributed by atoms with E-state index in [0.717, 1.165) is 15.8 Å². The van der Waals surface area contributed by atoms with Gasteiger partial charge in [-0.05, 0) is 29.7 Å². The van der Waals surface area contributed by atoms with Crippen molar-refractivity contribution >= 4 is 34.3 Å². The molecule has 0 unspecified atom stereocenters. The first-order valence-corrected chi connectivity index (χ1v) is 8.15. The zero-order valence-corrected chi connectivity index (χ0v) is 13.5. The number of para-hydroxylation sites is 1. The van der Waals surface area contributed by atoms with E-state index in [9.17, 15) is 4.79 Å². The largest absolute Gasteiger partial charge is 0.458 e. The van der Waals surface area contributed by atoms with Gasteiger partial charge in [0.15, 0.2) is 0 Å². The van der Waals surface area contributed by atoms with Crippen LogP contribution in [0.3, 0.4) is 0 Å². The summed E-state index contributed by atoms with van der Waals surface area (Å²) in [5.74, 6) is 0.549. The van der Waals surface area contributed by atoms with Crippen LogP contribution >= 0.6 is 11.3 Å². The van der Waals surface area contributed by atoms with E-state index >= 15 is 0 Å². The van der Waals surface area contributed by atoms with Crippen molar-refractivity contribution in [1.82, 2.24) is 5.32 Å². The van der Waals surface area contributed by atoms with Gasteiger partial charge in [0.05, 0.1) is 6.54 Å². The average Bonchev–Trinajstić information content (AvgIpc) is 3.22. The Labute approximate surface area is 138 Å². The topological polar surface area (TPSA) is 51.5 Å². The summed E-state index contributed by atoms with van der Waals surface area (Å²) in [5, 5.41) is 5.83. The minimum atomic E-state index is -0.318. The third-order valence-electron chi connectivity index (χ3n) is 3.45. The number of methoxy groups -OCH3 is 1. The number of fused-ring (bicyclic) bond motifs is 1. The molecule has 0 aliphatic rings. The van der Waals surface area contributed by atoms with E-state index in [2.05, 4.69) is 5.32 Å². The number of thiophene rings is 1. The van der Waals surface area contributed by atoms with E-state index in [1.807, 2.05) is 47.8 Å². The van der Waals surface area contributed by atoms with Crippen LogP contribution in [0.2, 0.25) is 0 Å². The van der Waals surface area contributed by atoms with Gasteiger partial charge in [0.1, 0.15) is 17.4 Å². The zero-order chi connectivity index (χ0) is 16.1. The number of furan rings is 1. The molecule has 23 heavy (non-hydrogen) atoms. The average molecular weight is 327 g/mol. The fourth-order valence-corrected chi connectivity index (χ4v) is 2.88. The lowest BCUT2D eigenvalue weighted by Crippen LogP contribution is -2.27. The van der Waals surface area contributed by atoms with Gasteiger partial charge in [-0.3, -0.25) is 4.79 Å². The number of nitrogens with one attached hydrogen (secondary N) is 1. The number of carbonyl (C=O) groups excluding carboxylic acids is 1. The summed E-state index contributed by atoms with van der Waals surface area (Å²) in [6, 6.07) is 13.6. The van der Waals surface area contributed by atoms with Crippen LogP contribution in [0.5, 0.6) is 0 Å². The number of hydrogen-bond donors (Lipinski definition) is 1. The maximum atomic E-state index is 11.9. The predicted octanol–water partition coefficient (Wildman–Crippen LogP) is 4.01. The molecular weight excluding hydrogens is 310 g/mol. The Morgan fingerprint density at radius 2 is 2.22 bits per heavy atom. The normalized spacial score (nSPS) is 12.7. The Morgan fingerprint density at radius 3 is 2.96 bits per heavy atom. The van der Waals surface area contributed by atoms with Gasteiger partial charge in [-0.25, -0.2) is 0 Å². The SMILES string of the molecule is CO[C@@H](CNC(=O)/C=C/c1cccs1)c1cc2ccccc2o1. The first-order valence-electron chi connectivity index (χ1n) is 7.27. The minimum Gasteiger partial charge on any atom is -0.458 e. The molecule has 0 saturated heterocycles. The molecule has 0 bridgehead atoms. The smallest absolute Gasteiger partial charge is 0.244 e. The molecule has 1 amide bonds. The quantitative estimate of drug-likeness (QED) is 0.696. The third-order valence-corrected chi connectivity index (χ3v) is 4.29. The lowest BCUT2D eigenvalue weighted by molar-refractivity contribution is -0.117. The molecule has 2 aromatic heterocycles. The van der Waals surface area contributed by atoms with Crippen molar-refractivity contribution < 1.29 is 13.9 Å². The fourth-order valence-electron chi connectivity index (χ4n) is 2.26. The molecular formula is C18H17NO3S. The molecule has 1 aromatic carbocycles. The minimum absolute atomic E-state index is 0.156. The van der Waals surface area contributed by atoms with Crippen molar-refractivity contribution in [3.8, 4) is 0 Å². The molecule has 0 radical (unpaired) electrons. The van der Waals surface area contributed by atoms with Gasteiger partial charge in [-0.1, -0.05) is 24.3 Å². The van der Waals surface area contributed by atoms with Crippen molar-refractivity contribution in [1.29, 1.82) is 0 Å². The van der Waals surface area contributed by atoms with Crippen molar-refractivity contribution in [3.63, 3.8) is 0 Å². The van der Waals surface area contributed by atoms with Crippen LogP contribution in [-0.2, 0) is 9.53 Å². The lowest BCUT2D eigenvalue weighted by Gasteiger charge is -2.12. The van der Waals surface area contributed by atoms with Crippen LogP contribution in [0.25, 0.3) is 17.0 Å². The Morgan fingerprint density at radius 1 is 1.35 bits per heavy atom. The van der Waals surface area contributed by atoms with Crippen LogP contribution in [-0.4, -0.2) is 19.6 Å². The molecule has 4 nitrogen and oxygen atoms in total. The number of rotatable bonds is 6. The third kappa shape index (κ3) is 3.88. The van der Waals surface area contributed by atoms with Gasteiger partial charge in [0, 0.05) is 23.4 Å². The molecule has 118 valence electrons. The first kappa shape index (κ1) is 15.5. The summed E-state index contributed by atoms with van der Waals surface area (Å²) in [6.07, 6.45) is 3.00. The van der Waals surface area contributed by atoms with Crippen molar-refractivity contribution in [2.75, 3.05) is 13.7 Å². The van der Waals surface area contributed by atoms with Crippen LogP contribution in [0, 0.1) is 0 Å². The summed E-state index contributed by atoms with van der Waals surface area (Å²) in [6.45, 7) is 0.351. The molecule has 5 heteroatoms. The number of carbonyl (C=O) groups is 1. The molecule has 2 heterocycles. The first-order chi connectivity index (χ1) is 11.3. The molecule has 3 rings (SSSR count). The van der Waals surface area contributed by atoms with Crippen molar-refractivity contribution in [2.24, 2.45) is 0 Å². The summed E-state index contributed by atoms with van der Waals surface area (Å²) >= 11 is 1.59. The monoisotopic (exact) mass is 327 g/mol. The lowest BCUT2D eigenvalue weighted by atomic mass is 10.2. The Hall–Kier alpha value is -2.37. The summed E-state index contributed by atoms with van der Waals surface area (Å²) < 4.78 is 11.2. The van der Waals surface area contributed by atoms with Crippen LogP contribution < -0.4 is 5.32 Å². The molecule has 1 atom stereocenters. The fraction of sp³-hybridized carbons (Fsp3) is 0.167. The second kappa shape index (κ2) is 7.26. The molecule has 0 aliphatic heterocycles. The van der Waals surface area contributed by atoms with Gasteiger partial charge < -0.3 is 14.5 Å². The van der Waals surface area contributed by atoms with E-state index in [1.54, 1.807) is 24.5 Å². The molecule has 0 fully saturated rings. The van der Waals surface area contributed by atoms with E-state index in [0.29, 0.717) is 12.3 Å².